The van der Waals surface area contributed by atoms with Crippen LogP contribution in [0.4, 0.5) is 4.79 Å². The molecule has 2 rings (SSSR count). The van der Waals surface area contributed by atoms with E-state index >= 15 is 0 Å². The molecule has 1 aromatic rings. The van der Waals surface area contributed by atoms with Crippen molar-refractivity contribution in [2.45, 2.75) is 39.3 Å². The van der Waals surface area contributed by atoms with Crippen LogP contribution < -0.4 is 0 Å². The number of benzene rings is 1. The second-order valence-corrected chi connectivity index (χ2v) is 6.90. The average Bonchev–Trinajstić information content (AvgIpc) is 2.31. The lowest BCUT2D eigenvalue weighted by molar-refractivity contribution is 0.0224. The Kier molecular flexibility index (Phi) is 4.11. The molecule has 104 valence electrons. The first-order chi connectivity index (χ1) is 8.78. The summed E-state index contributed by atoms with van der Waals surface area (Å²) in [5.74, 6) is 0. The standard InChI is InChI=1S/C14H17BrClNO2/c1-14(2,3)19-13(18)17-7-6-9-10(8-17)12(16)5-4-11(9)15/h4-5H,6-8H2,1-3H3. The third kappa shape index (κ3) is 3.42. The minimum absolute atomic E-state index is 0.283. The topological polar surface area (TPSA) is 29.5 Å². The Morgan fingerprint density at radius 3 is 2.68 bits per heavy atom. The molecule has 0 bridgehead atoms. The number of amides is 1. The first-order valence-electron chi connectivity index (χ1n) is 6.21. The first-order valence-corrected chi connectivity index (χ1v) is 7.39. The normalized spacial score (nSPS) is 15.1. The van der Waals surface area contributed by atoms with E-state index in [2.05, 4.69) is 15.9 Å². The highest BCUT2D eigenvalue weighted by atomic mass is 79.9. The van der Waals surface area contributed by atoms with E-state index in [1.165, 1.54) is 5.56 Å². The van der Waals surface area contributed by atoms with Crippen LogP contribution in [0.5, 0.6) is 0 Å². The van der Waals surface area contributed by atoms with Crippen LogP contribution in [-0.2, 0) is 17.7 Å². The van der Waals surface area contributed by atoms with Crippen molar-refractivity contribution in [1.82, 2.24) is 4.90 Å². The van der Waals surface area contributed by atoms with Gasteiger partial charge in [0.1, 0.15) is 5.60 Å². The fourth-order valence-electron chi connectivity index (χ4n) is 2.08. The largest absolute Gasteiger partial charge is 0.444 e. The molecule has 0 aliphatic carbocycles. The molecule has 3 nitrogen and oxygen atoms in total. The predicted molar refractivity (Wildman–Crippen MR) is 79.5 cm³/mol. The molecule has 0 saturated heterocycles. The van der Waals surface area contributed by atoms with E-state index in [-0.39, 0.29) is 6.09 Å². The van der Waals surface area contributed by atoms with Crippen LogP contribution in [-0.4, -0.2) is 23.1 Å². The lowest BCUT2D eigenvalue weighted by Gasteiger charge is -2.32. The molecule has 1 amide bonds. The van der Waals surface area contributed by atoms with Gasteiger partial charge in [0.25, 0.3) is 0 Å². The molecular formula is C14H17BrClNO2. The summed E-state index contributed by atoms with van der Waals surface area (Å²) in [5, 5.41) is 0.700. The molecule has 1 aliphatic rings. The minimum Gasteiger partial charge on any atom is -0.444 e. The van der Waals surface area contributed by atoms with Gasteiger partial charge in [-0.25, -0.2) is 4.79 Å². The number of nitrogens with zero attached hydrogens (tertiary/aromatic N) is 1. The third-order valence-electron chi connectivity index (χ3n) is 2.95. The summed E-state index contributed by atoms with van der Waals surface area (Å²) in [4.78, 5) is 13.8. The Hall–Kier alpha value is -0.740. The van der Waals surface area contributed by atoms with Crippen molar-refractivity contribution >= 4 is 33.6 Å². The van der Waals surface area contributed by atoms with E-state index in [0.717, 1.165) is 16.5 Å². The highest BCUT2D eigenvalue weighted by molar-refractivity contribution is 9.10. The quantitative estimate of drug-likeness (QED) is 0.697. The molecule has 0 spiro atoms. The number of carbonyl (C=O) groups excluding carboxylic acids is 1. The third-order valence-corrected chi connectivity index (χ3v) is 4.05. The van der Waals surface area contributed by atoms with Crippen molar-refractivity contribution in [3.05, 3.63) is 32.8 Å². The monoisotopic (exact) mass is 345 g/mol. The van der Waals surface area contributed by atoms with E-state index in [1.54, 1.807) is 4.90 Å². The van der Waals surface area contributed by atoms with E-state index in [4.69, 9.17) is 16.3 Å². The zero-order valence-corrected chi connectivity index (χ0v) is 13.6. The summed E-state index contributed by atoms with van der Waals surface area (Å²) in [6, 6.07) is 3.80. The van der Waals surface area contributed by atoms with Gasteiger partial charge in [0.15, 0.2) is 0 Å². The zero-order chi connectivity index (χ0) is 14.2. The van der Waals surface area contributed by atoms with Gasteiger partial charge >= 0.3 is 6.09 Å². The first kappa shape index (κ1) is 14.7. The van der Waals surface area contributed by atoms with Crippen LogP contribution in [0.1, 0.15) is 31.9 Å². The molecular weight excluding hydrogens is 330 g/mol. The fourth-order valence-corrected chi connectivity index (χ4v) is 2.88. The number of hydrogen-bond donors (Lipinski definition) is 0. The van der Waals surface area contributed by atoms with Crippen LogP contribution in [0, 0.1) is 0 Å². The van der Waals surface area contributed by atoms with Gasteiger partial charge < -0.3 is 9.64 Å². The second-order valence-electron chi connectivity index (χ2n) is 5.64. The minimum atomic E-state index is -0.474. The molecule has 0 fully saturated rings. The SMILES string of the molecule is CC(C)(C)OC(=O)N1CCc2c(Br)ccc(Cl)c2C1. The molecule has 0 unspecified atom stereocenters. The van der Waals surface area contributed by atoms with Crippen molar-refractivity contribution in [1.29, 1.82) is 0 Å². The smallest absolute Gasteiger partial charge is 0.410 e. The molecule has 0 atom stereocenters. The van der Waals surface area contributed by atoms with Crippen molar-refractivity contribution < 1.29 is 9.53 Å². The van der Waals surface area contributed by atoms with Gasteiger partial charge in [-0.1, -0.05) is 27.5 Å². The second kappa shape index (κ2) is 5.33. The number of ether oxygens (including phenoxy) is 1. The molecule has 19 heavy (non-hydrogen) atoms. The predicted octanol–water partition coefficient (Wildman–Crippen LogP) is 4.40. The molecule has 0 radical (unpaired) electrons. The number of rotatable bonds is 0. The Morgan fingerprint density at radius 2 is 2.05 bits per heavy atom. The lowest BCUT2D eigenvalue weighted by atomic mass is 10.00. The van der Waals surface area contributed by atoms with Crippen LogP contribution in [0.3, 0.4) is 0 Å². The summed E-state index contributed by atoms with van der Waals surface area (Å²) in [6.07, 6.45) is 0.504. The van der Waals surface area contributed by atoms with Crippen LogP contribution in [0.2, 0.25) is 5.02 Å². The van der Waals surface area contributed by atoms with E-state index in [1.807, 2.05) is 32.9 Å². The number of halogens is 2. The summed E-state index contributed by atoms with van der Waals surface area (Å²) < 4.78 is 6.45. The van der Waals surface area contributed by atoms with Gasteiger partial charge in [-0.15, -0.1) is 0 Å². The maximum absolute atomic E-state index is 12.1. The molecule has 0 saturated carbocycles. The lowest BCUT2D eigenvalue weighted by Crippen LogP contribution is -2.40. The van der Waals surface area contributed by atoms with Gasteiger partial charge in [0.05, 0.1) is 6.54 Å². The van der Waals surface area contributed by atoms with Gasteiger partial charge in [-0.3, -0.25) is 0 Å². The van der Waals surface area contributed by atoms with Crippen LogP contribution >= 0.6 is 27.5 Å². The summed E-state index contributed by atoms with van der Waals surface area (Å²) in [5.41, 5.74) is 1.72. The van der Waals surface area contributed by atoms with Crippen LogP contribution in [0.15, 0.2) is 16.6 Å². The Balaban J connectivity index is 2.18. The number of hydrogen-bond acceptors (Lipinski definition) is 2. The summed E-state index contributed by atoms with van der Waals surface area (Å²) in [7, 11) is 0. The molecule has 0 N–H and O–H groups in total. The van der Waals surface area contributed by atoms with Crippen molar-refractivity contribution in [2.75, 3.05) is 6.54 Å². The maximum atomic E-state index is 12.1. The zero-order valence-electron chi connectivity index (χ0n) is 11.3. The van der Waals surface area contributed by atoms with Gasteiger partial charge in [0.2, 0.25) is 0 Å². The fraction of sp³-hybridized carbons (Fsp3) is 0.500. The Morgan fingerprint density at radius 1 is 1.37 bits per heavy atom. The highest BCUT2D eigenvalue weighted by Gasteiger charge is 2.27. The molecule has 1 aromatic carbocycles. The number of carbonyl (C=O) groups is 1. The molecule has 0 aromatic heterocycles. The van der Waals surface area contributed by atoms with Gasteiger partial charge in [-0.05, 0) is 50.5 Å². The maximum Gasteiger partial charge on any atom is 0.410 e. The van der Waals surface area contributed by atoms with E-state index in [9.17, 15) is 4.79 Å². The highest BCUT2D eigenvalue weighted by Crippen LogP contribution is 2.32. The molecule has 1 heterocycles. The van der Waals surface area contributed by atoms with Crippen molar-refractivity contribution in [3.8, 4) is 0 Å². The molecule has 1 aliphatic heterocycles. The Labute approximate surface area is 127 Å². The van der Waals surface area contributed by atoms with Crippen LogP contribution in [0.25, 0.3) is 0 Å². The van der Waals surface area contributed by atoms with Gasteiger partial charge in [0, 0.05) is 16.0 Å². The number of fused-ring (bicyclic) bond motifs is 1. The summed E-state index contributed by atoms with van der Waals surface area (Å²) >= 11 is 9.75. The van der Waals surface area contributed by atoms with E-state index < -0.39 is 5.60 Å². The van der Waals surface area contributed by atoms with Crippen molar-refractivity contribution in [3.63, 3.8) is 0 Å². The summed E-state index contributed by atoms with van der Waals surface area (Å²) in [6.45, 7) is 6.76. The Bertz CT molecular complexity index is 511. The average molecular weight is 347 g/mol. The van der Waals surface area contributed by atoms with Gasteiger partial charge in [-0.2, -0.15) is 0 Å². The molecule has 5 heteroatoms. The van der Waals surface area contributed by atoms with Crippen molar-refractivity contribution in [2.24, 2.45) is 0 Å². The van der Waals surface area contributed by atoms with E-state index in [0.29, 0.717) is 18.1 Å².